The van der Waals surface area contributed by atoms with Gasteiger partial charge < -0.3 is 10.4 Å². The van der Waals surface area contributed by atoms with Crippen LogP contribution in [0.15, 0.2) is 23.3 Å². The van der Waals surface area contributed by atoms with E-state index in [-0.39, 0.29) is 6.54 Å². The third-order valence-corrected chi connectivity index (χ3v) is 1.84. The summed E-state index contributed by atoms with van der Waals surface area (Å²) >= 11 is 0. The number of hydrogen-bond acceptors (Lipinski definition) is 4. The molecule has 0 spiro atoms. The summed E-state index contributed by atoms with van der Waals surface area (Å²) in [7, 11) is 0. The van der Waals surface area contributed by atoms with Crippen molar-refractivity contribution in [1.82, 2.24) is 14.9 Å². The van der Waals surface area contributed by atoms with Crippen LogP contribution in [0.25, 0.3) is 0 Å². The Morgan fingerprint density at radius 3 is 2.88 bits per heavy atom. The number of rotatable bonds is 4. The fourth-order valence-electron chi connectivity index (χ4n) is 1.01. The van der Waals surface area contributed by atoms with E-state index in [1.807, 2.05) is 0 Å². The van der Waals surface area contributed by atoms with E-state index in [0.29, 0.717) is 0 Å². The van der Waals surface area contributed by atoms with Gasteiger partial charge in [-0.15, -0.1) is 0 Å². The van der Waals surface area contributed by atoms with E-state index in [2.05, 4.69) is 10.3 Å². The number of nitrogens with one attached hydrogen (secondary N) is 1. The molecule has 0 aromatic carbocycles. The molecule has 0 aliphatic rings. The second-order valence-electron chi connectivity index (χ2n) is 3.16. The van der Waals surface area contributed by atoms with Gasteiger partial charge >= 0.3 is 11.7 Å². The van der Waals surface area contributed by atoms with Crippen molar-refractivity contribution in [2.24, 2.45) is 0 Å². The highest BCUT2D eigenvalue weighted by molar-refractivity contribution is 5.82. The summed E-state index contributed by atoms with van der Waals surface area (Å²) in [4.78, 5) is 36.4. The molecule has 0 saturated carbocycles. The van der Waals surface area contributed by atoms with Gasteiger partial charge in [-0.25, -0.2) is 9.78 Å². The maximum Gasteiger partial charge on any atom is 0.347 e. The summed E-state index contributed by atoms with van der Waals surface area (Å²) in [6, 6.07) is 0.523. The van der Waals surface area contributed by atoms with E-state index >= 15 is 0 Å². The summed E-state index contributed by atoms with van der Waals surface area (Å²) in [5, 5.41) is 10.8. The van der Waals surface area contributed by atoms with Crippen molar-refractivity contribution in [2.45, 2.75) is 19.5 Å². The van der Waals surface area contributed by atoms with E-state index in [9.17, 15) is 14.4 Å². The Bertz CT molecular complexity index is 454. The minimum atomic E-state index is -1.13. The van der Waals surface area contributed by atoms with Crippen molar-refractivity contribution < 1.29 is 14.7 Å². The number of carbonyl (C=O) groups is 2. The summed E-state index contributed by atoms with van der Waals surface area (Å²) in [5.74, 6) is -1.68. The molecule has 0 saturated heterocycles. The average molecular weight is 225 g/mol. The molecule has 1 rings (SSSR count). The zero-order chi connectivity index (χ0) is 12.1. The van der Waals surface area contributed by atoms with Crippen molar-refractivity contribution in [3.8, 4) is 0 Å². The van der Waals surface area contributed by atoms with Gasteiger partial charge in [0.15, 0.2) is 0 Å². The van der Waals surface area contributed by atoms with Crippen LogP contribution in [0.5, 0.6) is 0 Å². The van der Waals surface area contributed by atoms with Crippen LogP contribution >= 0.6 is 0 Å². The molecule has 0 bridgehead atoms. The average Bonchev–Trinajstić information content (AvgIpc) is 2.21. The molecule has 86 valence electrons. The summed E-state index contributed by atoms with van der Waals surface area (Å²) in [6.45, 7) is 1.09. The molecule has 0 radical (unpaired) electrons. The lowest BCUT2D eigenvalue weighted by Gasteiger charge is -2.09. The van der Waals surface area contributed by atoms with E-state index in [4.69, 9.17) is 5.11 Å². The molecule has 0 aliphatic heterocycles. The predicted molar refractivity (Wildman–Crippen MR) is 53.7 cm³/mol. The SMILES string of the molecule is C[C@H](NC(=O)Cn1cccnc1=O)C(=O)O. The van der Waals surface area contributed by atoms with Crippen molar-refractivity contribution in [2.75, 3.05) is 0 Å². The zero-order valence-corrected chi connectivity index (χ0v) is 8.58. The molecule has 2 N–H and O–H groups in total. The highest BCUT2D eigenvalue weighted by Gasteiger charge is 2.14. The molecule has 7 nitrogen and oxygen atoms in total. The van der Waals surface area contributed by atoms with E-state index in [1.54, 1.807) is 0 Å². The number of aliphatic carboxylic acids is 1. The van der Waals surface area contributed by atoms with Gasteiger partial charge in [-0.2, -0.15) is 0 Å². The van der Waals surface area contributed by atoms with Crippen molar-refractivity contribution >= 4 is 11.9 Å². The number of carbonyl (C=O) groups excluding carboxylic acids is 1. The second-order valence-corrected chi connectivity index (χ2v) is 3.16. The predicted octanol–water partition coefficient (Wildman–Crippen LogP) is -1.17. The number of carboxylic acid groups (broad SMARTS) is 1. The van der Waals surface area contributed by atoms with Crippen molar-refractivity contribution in [3.63, 3.8) is 0 Å². The lowest BCUT2D eigenvalue weighted by atomic mass is 10.3. The van der Waals surface area contributed by atoms with Crippen LogP contribution in [0.2, 0.25) is 0 Å². The molecule has 16 heavy (non-hydrogen) atoms. The molecule has 1 aromatic rings. The Balaban J connectivity index is 2.62. The molecule has 0 aliphatic carbocycles. The largest absolute Gasteiger partial charge is 0.480 e. The van der Waals surface area contributed by atoms with Gasteiger partial charge in [0.05, 0.1) is 0 Å². The molecular weight excluding hydrogens is 214 g/mol. The lowest BCUT2D eigenvalue weighted by Crippen LogP contribution is -2.41. The third kappa shape index (κ3) is 3.19. The van der Waals surface area contributed by atoms with Crippen molar-refractivity contribution in [1.29, 1.82) is 0 Å². The first kappa shape index (κ1) is 11.9. The number of carboxylic acids is 1. The lowest BCUT2D eigenvalue weighted by molar-refractivity contribution is -0.141. The molecule has 0 fully saturated rings. The Hall–Kier alpha value is -2.18. The van der Waals surface area contributed by atoms with Gasteiger partial charge in [0.2, 0.25) is 5.91 Å². The minimum absolute atomic E-state index is 0.246. The van der Waals surface area contributed by atoms with Crippen molar-refractivity contribution in [3.05, 3.63) is 28.9 Å². The smallest absolute Gasteiger partial charge is 0.347 e. The molecule has 1 aromatic heterocycles. The quantitative estimate of drug-likeness (QED) is 0.672. The van der Waals surface area contributed by atoms with Gasteiger partial charge in [0, 0.05) is 12.4 Å². The Morgan fingerprint density at radius 1 is 1.62 bits per heavy atom. The first-order valence-electron chi connectivity index (χ1n) is 4.54. The fraction of sp³-hybridized carbons (Fsp3) is 0.333. The number of aromatic nitrogens is 2. The molecule has 1 atom stereocenters. The van der Waals surface area contributed by atoms with Crippen LogP contribution in [-0.2, 0) is 16.1 Å². The van der Waals surface area contributed by atoms with Gasteiger partial charge in [0.25, 0.3) is 0 Å². The van der Waals surface area contributed by atoms with Crippen LogP contribution in [0, 0.1) is 0 Å². The molecular formula is C9H11N3O4. The van der Waals surface area contributed by atoms with Crippen LogP contribution in [0.3, 0.4) is 0 Å². The van der Waals surface area contributed by atoms with Gasteiger partial charge in [-0.3, -0.25) is 14.2 Å². The first-order chi connectivity index (χ1) is 7.50. The highest BCUT2D eigenvalue weighted by atomic mass is 16.4. The monoisotopic (exact) mass is 225 g/mol. The Morgan fingerprint density at radius 2 is 2.31 bits per heavy atom. The molecule has 7 heteroatoms. The zero-order valence-electron chi connectivity index (χ0n) is 8.58. The summed E-state index contributed by atoms with van der Waals surface area (Å²) in [5.41, 5.74) is -0.555. The topological polar surface area (TPSA) is 101 Å². The maximum atomic E-state index is 11.3. The Labute approximate surface area is 90.7 Å². The van der Waals surface area contributed by atoms with Gasteiger partial charge in [-0.05, 0) is 13.0 Å². The van der Waals surface area contributed by atoms with E-state index < -0.39 is 23.6 Å². The minimum Gasteiger partial charge on any atom is -0.480 e. The Kier molecular flexibility index (Phi) is 3.76. The summed E-state index contributed by atoms with van der Waals surface area (Å²) < 4.78 is 1.09. The van der Waals surface area contributed by atoms with Crippen LogP contribution in [0.4, 0.5) is 0 Å². The van der Waals surface area contributed by atoms with Crippen LogP contribution < -0.4 is 11.0 Å². The van der Waals surface area contributed by atoms with Crippen LogP contribution in [0.1, 0.15) is 6.92 Å². The second kappa shape index (κ2) is 5.06. The molecule has 1 heterocycles. The fourth-order valence-corrected chi connectivity index (χ4v) is 1.01. The number of amides is 1. The highest BCUT2D eigenvalue weighted by Crippen LogP contribution is 1.84. The first-order valence-corrected chi connectivity index (χ1v) is 4.54. The standard InChI is InChI=1S/C9H11N3O4/c1-6(8(14)15)11-7(13)5-12-4-2-3-10-9(12)16/h2-4,6H,5H2,1H3,(H,11,13)(H,14,15)/t6-/m0/s1. The normalized spacial score (nSPS) is 11.8. The molecule has 0 unspecified atom stereocenters. The maximum absolute atomic E-state index is 11.3. The van der Waals surface area contributed by atoms with E-state index in [0.717, 1.165) is 4.57 Å². The summed E-state index contributed by atoms with van der Waals surface area (Å²) in [6.07, 6.45) is 2.72. The number of nitrogens with zero attached hydrogens (tertiary/aromatic N) is 2. The van der Waals surface area contributed by atoms with Crippen LogP contribution in [-0.4, -0.2) is 32.6 Å². The van der Waals surface area contributed by atoms with E-state index in [1.165, 1.54) is 25.4 Å². The third-order valence-electron chi connectivity index (χ3n) is 1.84. The number of hydrogen-bond donors (Lipinski definition) is 2. The molecule has 1 amide bonds. The van der Waals surface area contributed by atoms with Gasteiger partial charge in [-0.1, -0.05) is 0 Å². The van der Waals surface area contributed by atoms with Gasteiger partial charge in [0.1, 0.15) is 12.6 Å².